The normalized spacial score (nSPS) is 15.2. The van der Waals surface area contributed by atoms with E-state index in [-0.39, 0.29) is 29.6 Å². The van der Waals surface area contributed by atoms with Crippen molar-refractivity contribution < 1.29 is 19.1 Å². The first-order chi connectivity index (χ1) is 9.56. The number of carbonyl (C=O) groups is 3. The second kappa shape index (κ2) is 6.09. The van der Waals surface area contributed by atoms with E-state index in [0.717, 1.165) is 0 Å². The van der Waals surface area contributed by atoms with Gasteiger partial charge in [-0.2, -0.15) is 0 Å². The largest absolute Gasteiger partial charge is 0.469 e. The summed E-state index contributed by atoms with van der Waals surface area (Å²) in [7, 11) is 1.34. The quantitative estimate of drug-likeness (QED) is 0.611. The van der Waals surface area contributed by atoms with Crippen LogP contribution in [0.2, 0.25) is 0 Å². The number of imide groups is 1. The van der Waals surface area contributed by atoms with E-state index in [1.807, 2.05) is 0 Å². The molecule has 0 bridgehead atoms. The average molecular weight is 293 g/mol. The summed E-state index contributed by atoms with van der Waals surface area (Å²) < 4.78 is 4.63. The highest BCUT2D eigenvalue weighted by atomic mass is 32.2. The fraction of sp³-hybridized carbons (Fsp3) is 0.357. The number of amides is 2. The van der Waals surface area contributed by atoms with Gasteiger partial charge >= 0.3 is 5.97 Å². The van der Waals surface area contributed by atoms with Gasteiger partial charge in [0.05, 0.1) is 30.0 Å². The highest BCUT2D eigenvalue weighted by Gasteiger charge is 2.34. The third-order valence-corrected chi connectivity index (χ3v) is 4.25. The fourth-order valence-electron chi connectivity index (χ4n) is 1.95. The number of rotatable bonds is 5. The van der Waals surface area contributed by atoms with Gasteiger partial charge in [-0.3, -0.25) is 19.3 Å². The number of nitrogens with zero attached hydrogens (tertiary/aromatic N) is 1. The molecule has 1 aromatic carbocycles. The van der Waals surface area contributed by atoms with Crippen LogP contribution in [0.5, 0.6) is 0 Å². The lowest BCUT2D eigenvalue weighted by Crippen LogP contribution is -2.30. The van der Waals surface area contributed by atoms with Crippen LogP contribution in [0.4, 0.5) is 0 Å². The van der Waals surface area contributed by atoms with Crippen molar-refractivity contribution in [2.24, 2.45) is 5.92 Å². The second-order valence-corrected chi connectivity index (χ2v) is 5.51. The summed E-state index contributed by atoms with van der Waals surface area (Å²) in [5.41, 5.74) is 0.887. The van der Waals surface area contributed by atoms with E-state index >= 15 is 0 Å². The van der Waals surface area contributed by atoms with Gasteiger partial charge in [0.1, 0.15) is 0 Å². The number of hydrogen-bond acceptors (Lipinski definition) is 5. The van der Waals surface area contributed by atoms with Crippen LogP contribution >= 0.6 is 11.8 Å². The van der Waals surface area contributed by atoms with Crippen molar-refractivity contribution in [3.05, 3.63) is 35.4 Å². The Kier molecular flexibility index (Phi) is 4.44. The zero-order chi connectivity index (χ0) is 14.7. The minimum absolute atomic E-state index is 0.244. The monoisotopic (exact) mass is 293 g/mol. The van der Waals surface area contributed by atoms with Crippen molar-refractivity contribution in [3.63, 3.8) is 0 Å². The van der Waals surface area contributed by atoms with Gasteiger partial charge in [0.15, 0.2) is 0 Å². The molecule has 0 aliphatic carbocycles. The fourth-order valence-corrected chi connectivity index (χ4v) is 2.96. The maximum Gasteiger partial charge on any atom is 0.309 e. The van der Waals surface area contributed by atoms with Crippen LogP contribution in [-0.4, -0.2) is 41.4 Å². The number of fused-ring (bicyclic) bond motifs is 1. The molecular weight excluding hydrogens is 278 g/mol. The number of methoxy groups -OCH3 is 1. The Morgan fingerprint density at radius 3 is 2.30 bits per heavy atom. The Morgan fingerprint density at radius 2 is 1.80 bits per heavy atom. The van der Waals surface area contributed by atoms with Crippen molar-refractivity contribution in [3.8, 4) is 0 Å². The predicted molar refractivity (Wildman–Crippen MR) is 75.4 cm³/mol. The molecule has 1 atom stereocenters. The Hall–Kier alpha value is -1.82. The minimum atomic E-state index is -0.292. The van der Waals surface area contributed by atoms with Crippen LogP contribution < -0.4 is 0 Å². The molecule has 1 heterocycles. The van der Waals surface area contributed by atoms with Crippen LogP contribution in [0.15, 0.2) is 24.3 Å². The highest BCUT2D eigenvalue weighted by molar-refractivity contribution is 7.99. The number of carbonyl (C=O) groups excluding carboxylic acids is 3. The first kappa shape index (κ1) is 14.6. The molecule has 0 saturated heterocycles. The number of esters is 1. The smallest absolute Gasteiger partial charge is 0.309 e. The average Bonchev–Trinajstić information content (AvgIpc) is 2.71. The summed E-state index contributed by atoms with van der Waals surface area (Å²) in [6, 6.07) is 6.77. The van der Waals surface area contributed by atoms with Gasteiger partial charge in [-0.25, -0.2) is 0 Å². The van der Waals surface area contributed by atoms with Crippen LogP contribution in [-0.2, 0) is 9.53 Å². The zero-order valence-corrected chi connectivity index (χ0v) is 12.1. The van der Waals surface area contributed by atoms with Gasteiger partial charge < -0.3 is 4.74 Å². The molecule has 5 nitrogen and oxygen atoms in total. The molecule has 1 unspecified atom stereocenters. The molecule has 2 rings (SSSR count). The Morgan fingerprint density at radius 1 is 1.25 bits per heavy atom. The van der Waals surface area contributed by atoms with Gasteiger partial charge in [-0.15, -0.1) is 11.8 Å². The maximum absolute atomic E-state index is 12.1. The van der Waals surface area contributed by atoms with E-state index in [4.69, 9.17) is 0 Å². The van der Waals surface area contributed by atoms with Crippen LogP contribution in [0, 0.1) is 5.92 Å². The molecule has 1 aliphatic rings. The van der Waals surface area contributed by atoms with Crippen molar-refractivity contribution in [1.29, 1.82) is 0 Å². The van der Waals surface area contributed by atoms with Crippen molar-refractivity contribution in [2.75, 3.05) is 18.7 Å². The summed E-state index contributed by atoms with van der Waals surface area (Å²) in [5, 5.41) is 0. The molecular formula is C14H15NO4S. The topological polar surface area (TPSA) is 63.7 Å². The molecule has 106 valence electrons. The lowest BCUT2D eigenvalue weighted by atomic mass is 10.1. The van der Waals surface area contributed by atoms with E-state index in [1.165, 1.54) is 23.8 Å². The molecule has 6 heteroatoms. The van der Waals surface area contributed by atoms with Gasteiger partial charge in [0.25, 0.3) is 11.8 Å². The first-order valence-electron chi connectivity index (χ1n) is 6.17. The highest BCUT2D eigenvalue weighted by Crippen LogP contribution is 2.24. The number of hydrogen-bond donors (Lipinski definition) is 0. The Labute approximate surface area is 121 Å². The summed E-state index contributed by atoms with van der Waals surface area (Å²) in [6.07, 6.45) is 0. The van der Waals surface area contributed by atoms with E-state index in [0.29, 0.717) is 16.9 Å². The number of benzene rings is 1. The second-order valence-electron chi connectivity index (χ2n) is 4.51. The third-order valence-electron chi connectivity index (χ3n) is 3.07. The van der Waals surface area contributed by atoms with Gasteiger partial charge in [-0.05, 0) is 12.1 Å². The molecule has 0 aromatic heterocycles. The lowest BCUT2D eigenvalue weighted by molar-refractivity contribution is -0.143. The Balaban J connectivity index is 1.94. The van der Waals surface area contributed by atoms with Gasteiger partial charge in [0.2, 0.25) is 0 Å². The molecule has 20 heavy (non-hydrogen) atoms. The van der Waals surface area contributed by atoms with Crippen LogP contribution in [0.3, 0.4) is 0 Å². The van der Waals surface area contributed by atoms with Crippen LogP contribution in [0.25, 0.3) is 0 Å². The molecule has 0 spiro atoms. The van der Waals surface area contributed by atoms with Crippen molar-refractivity contribution in [1.82, 2.24) is 4.90 Å². The van der Waals surface area contributed by atoms with Crippen LogP contribution in [0.1, 0.15) is 27.6 Å². The molecule has 1 aromatic rings. The van der Waals surface area contributed by atoms with Crippen molar-refractivity contribution >= 4 is 29.5 Å². The van der Waals surface area contributed by atoms with E-state index < -0.39 is 0 Å². The molecule has 0 radical (unpaired) electrons. The summed E-state index contributed by atoms with van der Waals surface area (Å²) in [6.45, 7) is 1.75. The molecule has 1 aliphatic heterocycles. The molecule has 0 N–H and O–H groups in total. The molecule has 0 saturated carbocycles. The van der Waals surface area contributed by atoms with Gasteiger partial charge in [-0.1, -0.05) is 19.1 Å². The minimum Gasteiger partial charge on any atom is -0.469 e. The summed E-state index contributed by atoms with van der Waals surface area (Å²) in [4.78, 5) is 36.6. The SMILES string of the molecule is COC(=O)C(C)CSCN1C(=O)c2ccccc2C1=O. The summed E-state index contributed by atoms with van der Waals surface area (Å²) >= 11 is 1.36. The first-order valence-corrected chi connectivity index (χ1v) is 7.32. The maximum atomic E-state index is 12.1. The lowest BCUT2D eigenvalue weighted by Gasteiger charge is -2.14. The standard InChI is InChI=1S/C14H15NO4S/c1-9(14(18)19-2)7-20-8-15-12(16)10-5-3-4-6-11(10)13(15)17/h3-6,9H,7-8H2,1-2H3. The molecule has 2 amide bonds. The Bertz CT molecular complexity index is 523. The third kappa shape index (κ3) is 2.70. The number of ether oxygens (including phenoxy) is 1. The number of thioether (sulfide) groups is 1. The summed E-state index contributed by atoms with van der Waals surface area (Å²) in [5.74, 6) is -0.360. The zero-order valence-electron chi connectivity index (χ0n) is 11.3. The predicted octanol–water partition coefficient (Wildman–Crippen LogP) is 1.78. The van der Waals surface area contributed by atoms with E-state index in [2.05, 4.69) is 4.74 Å². The molecule has 0 fully saturated rings. The van der Waals surface area contributed by atoms with Gasteiger partial charge in [0, 0.05) is 5.75 Å². The van der Waals surface area contributed by atoms with E-state index in [1.54, 1.807) is 31.2 Å². The van der Waals surface area contributed by atoms with Crippen molar-refractivity contribution in [2.45, 2.75) is 6.92 Å². The van der Waals surface area contributed by atoms with E-state index in [9.17, 15) is 14.4 Å².